The van der Waals surface area contributed by atoms with E-state index in [-0.39, 0.29) is 5.91 Å². The van der Waals surface area contributed by atoms with Gasteiger partial charge in [-0.25, -0.2) is 0 Å². The standard InChI is InChI=1S/C21H28N4O/c1-25-14-9-17(10-15-25)6-11-23-16-19-4-2-3-5-20(19)24-21(26)18-7-12-22-13-8-18/h2-5,7-8,12-13,17,23H,6,9-11,14-16H2,1H3,(H,24,26). The van der Waals surface area contributed by atoms with Crippen molar-refractivity contribution in [3.63, 3.8) is 0 Å². The highest BCUT2D eigenvalue weighted by atomic mass is 16.1. The molecule has 1 aliphatic rings. The number of carbonyl (C=O) groups is 1. The Morgan fingerprint density at radius 1 is 1.15 bits per heavy atom. The Morgan fingerprint density at radius 2 is 1.88 bits per heavy atom. The van der Waals surface area contributed by atoms with Gasteiger partial charge in [0, 0.05) is 30.2 Å². The largest absolute Gasteiger partial charge is 0.322 e. The van der Waals surface area contributed by atoms with Crippen LogP contribution in [-0.4, -0.2) is 42.5 Å². The van der Waals surface area contributed by atoms with Crippen LogP contribution in [0.4, 0.5) is 5.69 Å². The minimum atomic E-state index is -0.105. The molecule has 1 fully saturated rings. The topological polar surface area (TPSA) is 57.3 Å². The van der Waals surface area contributed by atoms with E-state index in [0.29, 0.717) is 5.56 Å². The Labute approximate surface area is 155 Å². The highest BCUT2D eigenvalue weighted by molar-refractivity contribution is 6.04. The van der Waals surface area contributed by atoms with Gasteiger partial charge in [-0.2, -0.15) is 0 Å². The van der Waals surface area contributed by atoms with Crippen LogP contribution in [0.25, 0.3) is 0 Å². The molecule has 1 aromatic heterocycles. The highest BCUT2D eigenvalue weighted by Gasteiger charge is 2.16. The predicted octanol–water partition coefficient (Wildman–Crippen LogP) is 3.16. The third kappa shape index (κ3) is 5.38. The molecule has 1 saturated heterocycles. The highest BCUT2D eigenvalue weighted by Crippen LogP contribution is 2.19. The van der Waals surface area contributed by atoms with E-state index >= 15 is 0 Å². The molecule has 0 radical (unpaired) electrons. The Morgan fingerprint density at radius 3 is 2.65 bits per heavy atom. The van der Waals surface area contributed by atoms with Crippen molar-refractivity contribution in [3.05, 3.63) is 59.9 Å². The third-order valence-electron chi connectivity index (χ3n) is 5.09. The van der Waals surface area contributed by atoms with Gasteiger partial charge >= 0.3 is 0 Å². The van der Waals surface area contributed by atoms with Crippen molar-refractivity contribution >= 4 is 11.6 Å². The molecule has 0 unspecified atom stereocenters. The van der Waals surface area contributed by atoms with Crippen LogP contribution < -0.4 is 10.6 Å². The van der Waals surface area contributed by atoms with Gasteiger partial charge in [0.15, 0.2) is 0 Å². The van der Waals surface area contributed by atoms with Crippen LogP contribution in [0.5, 0.6) is 0 Å². The summed E-state index contributed by atoms with van der Waals surface area (Å²) in [5, 5.41) is 6.55. The summed E-state index contributed by atoms with van der Waals surface area (Å²) in [6.07, 6.45) is 7.09. The van der Waals surface area contributed by atoms with E-state index in [1.165, 1.54) is 32.4 Å². The monoisotopic (exact) mass is 352 g/mol. The van der Waals surface area contributed by atoms with Gasteiger partial charge in [0.25, 0.3) is 5.91 Å². The van der Waals surface area contributed by atoms with Gasteiger partial charge < -0.3 is 15.5 Å². The molecule has 2 N–H and O–H groups in total. The molecule has 26 heavy (non-hydrogen) atoms. The summed E-state index contributed by atoms with van der Waals surface area (Å²) in [7, 11) is 2.20. The molecule has 2 heterocycles. The molecule has 2 aromatic rings. The molecule has 5 nitrogen and oxygen atoms in total. The second-order valence-electron chi connectivity index (χ2n) is 7.06. The van der Waals surface area contributed by atoms with E-state index in [1.807, 2.05) is 18.2 Å². The molecule has 0 saturated carbocycles. The molecule has 1 aliphatic heterocycles. The van der Waals surface area contributed by atoms with E-state index in [1.54, 1.807) is 24.5 Å². The van der Waals surface area contributed by atoms with Crippen molar-refractivity contribution in [2.75, 3.05) is 32.0 Å². The van der Waals surface area contributed by atoms with Crippen molar-refractivity contribution < 1.29 is 4.79 Å². The fraction of sp³-hybridized carbons (Fsp3) is 0.429. The van der Waals surface area contributed by atoms with Gasteiger partial charge in [-0.3, -0.25) is 9.78 Å². The van der Waals surface area contributed by atoms with Crippen LogP contribution in [-0.2, 0) is 6.54 Å². The summed E-state index contributed by atoms with van der Waals surface area (Å²) in [5.74, 6) is 0.728. The molecule has 0 atom stereocenters. The van der Waals surface area contributed by atoms with Crippen molar-refractivity contribution in [3.8, 4) is 0 Å². The van der Waals surface area contributed by atoms with E-state index in [9.17, 15) is 4.79 Å². The number of nitrogens with one attached hydrogen (secondary N) is 2. The van der Waals surface area contributed by atoms with Crippen molar-refractivity contribution in [1.82, 2.24) is 15.2 Å². The smallest absolute Gasteiger partial charge is 0.255 e. The first-order valence-corrected chi connectivity index (χ1v) is 9.41. The minimum absolute atomic E-state index is 0.105. The van der Waals surface area contributed by atoms with Crippen molar-refractivity contribution in [2.24, 2.45) is 5.92 Å². The number of nitrogens with zero attached hydrogens (tertiary/aromatic N) is 2. The van der Waals surface area contributed by atoms with Crippen molar-refractivity contribution in [1.29, 1.82) is 0 Å². The van der Waals surface area contributed by atoms with Gasteiger partial charge in [0.2, 0.25) is 0 Å². The predicted molar refractivity (Wildman–Crippen MR) is 105 cm³/mol. The van der Waals surface area contributed by atoms with Gasteiger partial charge in [0.1, 0.15) is 0 Å². The van der Waals surface area contributed by atoms with Crippen LogP contribution in [0.15, 0.2) is 48.8 Å². The lowest BCUT2D eigenvalue weighted by Gasteiger charge is -2.28. The lowest BCUT2D eigenvalue weighted by Crippen LogP contribution is -2.31. The second kappa shape index (κ2) is 9.46. The Kier molecular flexibility index (Phi) is 6.75. The molecule has 0 spiro atoms. The zero-order valence-corrected chi connectivity index (χ0v) is 15.4. The number of benzene rings is 1. The summed E-state index contributed by atoms with van der Waals surface area (Å²) < 4.78 is 0. The molecule has 0 aliphatic carbocycles. The van der Waals surface area contributed by atoms with Gasteiger partial charge in [0.05, 0.1) is 0 Å². The van der Waals surface area contributed by atoms with Crippen molar-refractivity contribution in [2.45, 2.75) is 25.8 Å². The minimum Gasteiger partial charge on any atom is -0.322 e. The number of likely N-dealkylation sites (tertiary alicyclic amines) is 1. The van der Waals surface area contributed by atoms with Crippen LogP contribution in [0.1, 0.15) is 35.2 Å². The average molecular weight is 352 g/mol. The first kappa shape index (κ1) is 18.5. The number of para-hydroxylation sites is 1. The lowest BCUT2D eigenvalue weighted by atomic mass is 9.94. The van der Waals surface area contributed by atoms with Crippen LogP contribution in [0, 0.1) is 5.92 Å². The molecule has 1 amide bonds. The molecule has 3 rings (SSSR count). The Bertz CT molecular complexity index is 696. The number of pyridine rings is 1. The number of anilines is 1. The summed E-state index contributed by atoms with van der Waals surface area (Å²) in [5.41, 5.74) is 2.59. The van der Waals surface area contributed by atoms with E-state index in [0.717, 1.165) is 30.3 Å². The maximum atomic E-state index is 12.4. The Hall–Kier alpha value is -2.24. The number of carbonyl (C=O) groups excluding carboxylic acids is 1. The van der Waals surface area contributed by atoms with E-state index in [2.05, 4.69) is 33.6 Å². The first-order chi connectivity index (χ1) is 12.7. The molecular formula is C21H28N4O. The summed E-state index contributed by atoms with van der Waals surface area (Å²) in [4.78, 5) is 18.7. The number of aromatic nitrogens is 1. The number of hydrogen-bond acceptors (Lipinski definition) is 4. The van der Waals surface area contributed by atoms with Gasteiger partial charge in [-0.05, 0) is 75.6 Å². The molecule has 5 heteroatoms. The number of piperidine rings is 1. The number of amides is 1. The third-order valence-corrected chi connectivity index (χ3v) is 5.09. The molecule has 1 aromatic carbocycles. The maximum absolute atomic E-state index is 12.4. The lowest BCUT2D eigenvalue weighted by molar-refractivity contribution is 0.102. The zero-order chi connectivity index (χ0) is 18.2. The summed E-state index contributed by atoms with van der Waals surface area (Å²) >= 11 is 0. The van der Waals surface area contributed by atoms with E-state index in [4.69, 9.17) is 0 Å². The fourth-order valence-electron chi connectivity index (χ4n) is 3.37. The molecular weight excluding hydrogens is 324 g/mol. The number of rotatable bonds is 7. The number of hydrogen-bond donors (Lipinski definition) is 2. The fourth-order valence-corrected chi connectivity index (χ4v) is 3.37. The quantitative estimate of drug-likeness (QED) is 0.752. The Balaban J connectivity index is 1.48. The zero-order valence-electron chi connectivity index (χ0n) is 15.4. The normalized spacial score (nSPS) is 15.7. The average Bonchev–Trinajstić information content (AvgIpc) is 2.68. The van der Waals surface area contributed by atoms with E-state index < -0.39 is 0 Å². The summed E-state index contributed by atoms with van der Waals surface area (Å²) in [6, 6.07) is 11.4. The summed E-state index contributed by atoms with van der Waals surface area (Å²) in [6.45, 7) is 4.21. The first-order valence-electron chi connectivity index (χ1n) is 9.41. The van der Waals surface area contributed by atoms with Crippen LogP contribution in [0.2, 0.25) is 0 Å². The van der Waals surface area contributed by atoms with Crippen LogP contribution >= 0.6 is 0 Å². The molecule has 138 valence electrons. The second-order valence-corrected chi connectivity index (χ2v) is 7.06. The van der Waals surface area contributed by atoms with Gasteiger partial charge in [-0.1, -0.05) is 18.2 Å². The SMILES string of the molecule is CN1CCC(CCNCc2ccccc2NC(=O)c2ccncc2)CC1. The maximum Gasteiger partial charge on any atom is 0.255 e. The van der Waals surface area contributed by atoms with Gasteiger partial charge in [-0.15, -0.1) is 0 Å². The molecule has 0 bridgehead atoms. The van der Waals surface area contributed by atoms with Crippen LogP contribution in [0.3, 0.4) is 0 Å².